The number of likely N-dealkylation sites (tertiary alicyclic amines) is 1. The number of rotatable bonds is 4. The summed E-state index contributed by atoms with van der Waals surface area (Å²) in [5.74, 6) is 0. The fourth-order valence-corrected chi connectivity index (χ4v) is 2.84. The zero-order valence-corrected chi connectivity index (χ0v) is 13.4. The van der Waals surface area contributed by atoms with Crippen molar-refractivity contribution in [1.82, 2.24) is 15.8 Å². The van der Waals surface area contributed by atoms with Crippen LogP contribution >= 0.6 is 23.2 Å². The van der Waals surface area contributed by atoms with Crippen molar-refractivity contribution in [3.8, 4) is 0 Å². The molecule has 0 aliphatic carbocycles. The minimum atomic E-state index is -0.375. The molecule has 6 heteroatoms. The molecule has 0 spiro atoms. The molecule has 0 amide bonds. The molecule has 1 aliphatic rings. The van der Waals surface area contributed by atoms with Gasteiger partial charge in [0.25, 0.3) is 0 Å². The van der Waals surface area contributed by atoms with Crippen LogP contribution in [0.3, 0.4) is 0 Å². The highest BCUT2D eigenvalue weighted by molar-refractivity contribution is 6.43. The van der Waals surface area contributed by atoms with Gasteiger partial charge in [-0.25, -0.2) is 5.43 Å². The molecule has 0 radical (unpaired) electrons. The summed E-state index contributed by atoms with van der Waals surface area (Å²) in [6.07, 6.45) is 1.84. The van der Waals surface area contributed by atoms with E-state index in [0.717, 1.165) is 37.1 Å². The Kier molecular flexibility index (Phi) is 5.66. The smallest absolute Gasteiger partial charge is 0.0953 e. The Morgan fingerprint density at radius 2 is 1.90 bits per heavy atom. The zero-order chi connectivity index (χ0) is 14.7. The van der Waals surface area contributed by atoms with Crippen LogP contribution in [0.4, 0.5) is 0 Å². The second-order valence-electron chi connectivity index (χ2n) is 5.44. The van der Waals surface area contributed by atoms with E-state index in [-0.39, 0.29) is 6.17 Å². The van der Waals surface area contributed by atoms with Crippen molar-refractivity contribution in [3.63, 3.8) is 0 Å². The molecular weight excluding hydrogens is 295 g/mol. The lowest BCUT2D eigenvalue weighted by molar-refractivity contribution is 0.216. The van der Waals surface area contributed by atoms with Gasteiger partial charge in [-0.2, -0.15) is 0 Å². The maximum absolute atomic E-state index is 6.25. The average Bonchev–Trinajstić information content (AvgIpc) is 2.44. The topological polar surface area (TPSA) is 53.3 Å². The van der Waals surface area contributed by atoms with E-state index in [4.69, 9.17) is 28.9 Å². The Hall–Kier alpha value is -0.360. The number of nitrogens with zero attached hydrogens (tertiary/aromatic N) is 1. The minimum absolute atomic E-state index is 0.375. The molecule has 112 valence electrons. The van der Waals surface area contributed by atoms with Crippen molar-refractivity contribution in [2.24, 2.45) is 5.73 Å². The van der Waals surface area contributed by atoms with Crippen molar-refractivity contribution in [2.75, 3.05) is 20.1 Å². The molecule has 1 saturated heterocycles. The first-order chi connectivity index (χ1) is 9.49. The highest BCUT2D eigenvalue weighted by atomic mass is 35.5. The first-order valence-corrected chi connectivity index (χ1v) is 7.64. The average molecular weight is 317 g/mol. The number of nitrogens with one attached hydrogen (secondary N) is 2. The zero-order valence-electron chi connectivity index (χ0n) is 11.9. The summed E-state index contributed by atoms with van der Waals surface area (Å²) in [4.78, 5) is 2.33. The summed E-state index contributed by atoms with van der Waals surface area (Å²) in [5.41, 5.74) is 14.3. The molecule has 0 saturated carbocycles. The molecule has 1 unspecified atom stereocenters. The first-order valence-electron chi connectivity index (χ1n) is 6.88. The predicted molar refractivity (Wildman–Crippen MR) is 84.9 cm³/mol. The van der Waals surface area contributed by atoms with Crippen molar-refractivity contribution in [3.05, 3.63) is 33.3 Å². The van der Waals surface area contributed by atoms with Crippen molar-refractivity contribution in [2.45, 2.75) is 32.0 Å². The summed E-state index contributed by atoms with van der Waals surface area (Å²) >= 11 is 12.4. The Bertz CT molecular complexity index is 459. The van der Waals surface area contributed by atoms with Gasteiger partial charge >= 0.3 is 0 Å². The summed E-state index contributed by atoms with van der Waals surface area (Å²) in [6, 6.07) is 4.29. The van der Waals surface area contributed by atoms with Gasteiger partial charge in [-0.3, -0.25) is 5.43 Å². The molecule has 1 aliphatic heterocycles. The summed E-state index contributed by atoms with van der Waals surface area (Å²) in [7, 11) is 2.14. The number of hydrogen-bond donors (Lipinski definition) is 3. The lowest BCUT2D eigenvalue weighted by Crippen LogP contribution is -2.49. The van der Waals surface area contributed by atoms with Gasteiger partial charge in [0.15, 0.2) is 0 Å². The van der Waals surface area contributed by atoms with Gasteiger partial charge in [-0.15, -0.1) is 0 Å². The third-order valence-electron chi connectivity index (χ3n) is 3.80. The number of halogens is 2. The number of nitrogens with two attached hydrogens (primary N) is 1. The van der Waals surface area contributed by atoms with Gasteiger partial charge in [0, 0.05) is 11.6 Å². The van der Waals surface area contributed by atoms with Gasteiger partial charge in [0.2, 0.25) is 0 Å². The molecule has 0 aromatic heterocycles. The van der Waals surface area contributed by atoms with Gasteiger partial charge in [-0.05, 0) is 45.5 Å². The van der Waals surface area contributed by atoms with Gasteiger partial charge in [0.1, 0.15) is 0 Å². The number of hydrogen-bond acceptors (Lipinski definition) is 4. The van der Waals surface area contributed by atoms with Crippen LogP contribution < -0.4 is 16.6 Å². The van der Waals surface area contributed by atoms with E-state index in [9.17, 15) is 0 Å². The number of benzene rings is 1. The van der Waals surface area contributed by atoms with Crippen molar-refractivity contribution in [1.29, 1.82) is 0 Å². The van der Waals surface area contributed by atoms with Crippen molar-refractivity contribution >= 4 is 23.2 Å². The van der Waals surface area contributed by atoms with E-state index in [1.807, 2.05) is 19.1 Å². The monoisotopic (exact) mass is 316 g/mol. The molecule has 20 heavy (non-hydrogen) atoms. The van der Waals surface area contributed by atoms with Crippen molar-refractivity contribution < 1.29 is 0 Å². The highest BCUT2D eigenvalue weighted by Crippen LogP contribution is 2.31. The largest absolute Gasteiger partial charge is 0.311 e. The normalized spacial score (nSPS) is 19.2. The molecule has 2 rings (SSSR count). The van der Waals surface area contributed by atoms with E-state index in [2.05, 4.69) is 22.8 Å². The lowest BCUT2D eigenvalue weighted by Gasteiger charge is -2.30. The Morgan fingerprint density at radius 1 is 1.25 bits per heavy atom. The van der Waals surface area contributed by atoms with E-state index in [1.54, 1.807) is 0 Å². The van der Waals surface area contributed by atoms with Crippen LogP contribution in [0.1, 0.15) is 30.1 Å². The highest BCUT2D eigenvalue weighted by Gasteiger charge is 2.18. The van der Waals surface area contributed by atoms with E-state index in [1.165, 1.54) is 0 Å². The van der Waals surface area contributed by atoms with Gasteiger partial charge in [-0.1, -0.05) is 35.3 Å². The van der Waals surface area contributed by atoms with Crippen LogP contribution in [-0.4, -0.2) is 31.1 Å². The van der Waals surface area contributed by atoms with Gasteiger partial charge in [0.05, 0.1) is 16.2 Å². The van der Waals surface area contributed by atoms with Crippen LogP contribution in [0.15, 0.2) is 12.1 Å². The van der Waals surface area contributed by atoms with Crippen LogP contribution in [0.2, 0.25) is 10.0 Å². The summed E-state index contributed by atoms with van der Waals surface area (Å²) in [6.45, 7) is 4.13. The molecule has 1 aromatic rings. The van der Waals surface area contributed by atoms with Gasteiger partial charge < -0.3 is 10.6 Å². The lowest BCUT2D eigenvalue weighted by atomic mass is 10.1. The SMILES string of the molecule is Cc1ccc(C(N)NNC2CCN(C)CC2)c(Cl)c1Cl. The fourth-order valence-electron chi connectivity index (χ4n) is 2.34. The quantitative estimate of drug-likeness (QED) is 0.590. The van der Waals surface area contributed by atoms with E-state index >= 15 is 0 Å². The summed E-state index contributed by atoms with van der Waals surface area (Å²) in [5, 5.41) is 1.09. The Balaban J connectivity index is 1.92. The maximum atomic E-state index is 6.25. The summed E-state index contributed by atoms with van der Waals surface area (Å²) < 4.78 is 0. The predicted octanol–water partition coefficient (Wildman–Crippen LogP) is 2.45. The minimum Gasteiger partial charge on any atom is -0.311 e. The third-order valence-corrected chi connectivity index (χ3v) is 4.79. The molecule has 4 N–H and O–H groups in total. The third kappa shape index (κ3) is 3.85. The molecule has 1 fully saturated rings. The van der Waals surface area contributed by atoms with Crippen LogP contribution in [0, 0.1) is 6.92 Å². The standard InChI is InChI=1S/C14H22Cl2N4/c1-9-3-4-11(13(16)12(9)15)14(17)19-18-10-5-7-20(2)8-6-10/h3-4,10,14,18-19H,5-8,17H2,1-2H3. The Morgan fingerprint density at radius 3 is 2.55 bits per heavy atom. The second-order valence-corrected chi connectivity index (χ2v) is 6.20. The van der Waals surface area contributed by atoms with E-state index < -0.39 is 0 Å². The molecule has 1 atom stereocenters. The molecule has 1 heterocycles. The number of piperidine rings is 1. The number of aryl methyl sites for hydroxylation is 1. The van der Waals surface area contributed by atoms with Crippen LogP contribution in [0.5, 0.6) is 0 Å². The molecule has 4 nitrogen and oxygen atoms in total. The number of hydrazine groups is 1. The molecule has 0 bridgehead atoms. The van der Waals surface area contributed by atoms with E-state index in [0.29, 0.717) is 16.1 Å². The Labute approximate surface area is 130 Å². The second kappa shape index (κ2) is 7.07. The maximum Gasteiger partial charge on any atom is 0.0953 e. The molecule has 1 aromatic carbocycles. The van der Waals surface area contributed by atoms with Crippen LogP contribution in [-0.2, 0) is 0 Å². The fraction of sp³-hybridized carbons (Fsp3) is 0.571. The molecular formula is C14H22Cl2N4. The first kappa shape index (κ1) is 16.0. The van der Waals surface area contributed by atoms with Crippen LogP contribution in [0.25, 0.3) is 0 Å².